The molecule has 1 N–H and O–H groups in total. The first-order chi connectivity index (χ1) is 15.3. The van der Waals surface area contributed by atoms with Gasteiger partial charge in [-0.3, -0.25) is 9.59 Å². The van der Waals surface area contributed by atoms with Gasteiger partial charge in [-0.25, -0.2) is 8.42 Å². The van der Waals surface area contributed by atoms with E-state index in [1.807, 2.05) is 11.8 Å². The molecule has 0 aliphatic carbocycles. The minimum Gasteiger partial charge on any atom is -0.478 e. The van der Waals surface area contributed by atoms with E-state index in [0.29, 0.717) is 43.8 Å². The predicted molar refractivity (Wildman–Crippen MR) is 120 cm³/mol. The van der Waals surface area contributed by atoms with Crippen LogP contribution in [-0.2, 0) is 19.6 Å². The number of amides is 2. The van der Waals surface area contributed by atoms with E-state index in [1.165, 1.54) is 16.4 Å². The maximum absolute atomic E-state index is 13.2. The van der Waals surface area contributed by atoms with Gasteiger partial charge in [0.2, 0.25) is 15.9 Å². The Morgan fingerprint density at radius 2 is 1.78 bits per heavy atom. The van der Waals surface area contributed by atoms with Crippen molar-refractivity contribution in [3.8, 4) is 5.75 Å². The van der Waals surface area contributed by atoms with Crippen LogP contribution >= 0.6 is 0 Å². The molecule has 3 aliphatic rings. The van der Waals surface area contributed by atoms with Crippen molar-refractivity contribution in [1.82, 2.24) is 14.1 Å². The second kappa shape index (κ2) is 9.36. The number of piperidine rings is 1. The Bertz CT molecular complexity index is 967. The van der Waals surface area contributed by atoms with E-state index in [0.717, 1.165) is 32.7 Å². The number of hydrogen-bond donors (Lipinski definition) is 1. The molecule has 0 saturated carbocycles. The molecule has 176 valence electrons. The lowest BCUT2D eigenvalue weighted by atomic mass is 9.96. The van der Waals surface area contributed by atoms with E-state index in [2.05, 4.69) is 17.1 Å². The highest BCUT2D eigenvalue weighted by atomic mass is 32.2. The van der Waals surface area contributed by atoms with Crippen LogP contribution in [0.25, 0.3) is 0 Å². The van der Waals surface area contributed by atoms with Crippen molar-refractivity contribution in [3.63, 3.8) is 0 Å². The number of likely N-dealkylation sites (N-methyl/N-ethyl adjacent to an activating group) is 1. The second-order valence-corrected chi connectivity index (χ2v) is 10.5. The highest BCUT2D eigenvalue weighted by Crippen LogP contribution is 2.34. The van der Waals surface area contributed by atoms with Crippen LogP contribution in [0.5, 0.6) is 5.75 Å². The lowest BCUT2D eigenvalue weighted by Crippen LogP contribution is -2.51. The molecule has 2 saturated heterocycles. The van der Waals surface area contributed by atoms with Crippen LogP contribution in [0, 0.1) is 5.92 Å². The van der Waals surface area contributed by atoms with Gasteiger partial charge in [-0.1, -0.05) is 13.8 Å². The molecule has 2 amide bonds. The third-order valence-electron chi connectivity index (χ3n) is 6.71. The fraction of sp³-hybridized carbons (Fsp3) is 0.636. The molecular formula is C22H32N4O5S. The van der Waals surface area contributed by atoms with Gasteiger partial charge in [0.05, 0.1) is 10.6 Å². The summed E-state index contributed by atoms with van der Waals surface area (Å²) in [6.07, 6.45) is 1.02. The number of ether oxygens (including phenoxy) is 1. The van der Waals surface area contributed by atoms with Crippen LogP contribution in [0.4, 0.5) is 5.69 Å². The summed E-state index contributed by atoms with van der Waals surface area (Å²) in [6.45, 7) is 8.87. The Labute approximate surface area is 189 Å². The van der Waals surface area contributed by atoms with Crippen LogP contribution in [-0.4, -0.2) is 86.3 Å². The molecule has 0 spiro atoms. The Morgan fingerprint density at radius 3 is 2.41 bits per heavy atom. The van der Waals surface area contributed by atoms with Crippen LogP contribution in [0.1, 0.15) is 33.1 Å². The predicted octanol–water partition coefficient (Wildman–Crippen LogP) is 1.36. The van der Waals surface area contributed by atoms with E-state index >= 15 is 0 Å². The summed E-state index contributed by atoms with van der Waals surface area (Å²) in [4.78, 5) is 29.4. The molecule has 10 heteroatoms. The van der Waals surface area contributed by atoms with Gasteiger partial charge in [0.15, 0.2) is 6.10 Å². The summed E-state index contributed by atoms with van der Waals surface area (Å²) in [7, 11) is -3.72. The lowest BCUT2D eigenvalue weighted by Gasteiger charge is -2.38. The first-order valence-corrected chi connectivity index (χ1v) is 12.9. The maximum atomic E-state index is 13.2. The summed E-state index contributed by atoms with van der Waals surface area (Å²) in [5.74, 6) is 0.227. The number of nitrogens with one attached hydrogen (secondary N) is 1. The monoisotopic (exact) mass is 464 g/mol. The number of hydrogen-bond acceptors (Lipinski definition) is 6. The van der Waals surface area contributed by atoms with Crippen molar-refractivity contribution in [2.45, 2.75) is 44.1 Å². The SMILES string of the molecule is CC[C@@H]1Oc2ccc(S(=O)(=O)N3CCC(C(=O)N4CCN(CC)CC4)CC3)cc2NC1=O. The summed E-state index contributed by atoms with van der Waals surface area (Å²) in [5, 5.41) is 2.74. The molecule has 3 heterocycles. The lowest BCUT2D eigenvalue weighted by molar-refractivity contribution is -0.138. The average Bonchev–Trinajstić information content (AvgIpc) is 2.82. The van der Waals surface area contributed by atoms with Gasteiger partial charge in [-0.15, -0.1) is 0 Å². The fourth-order valence-electron chi connectivity index (χ4n) is 4.59. The average molecular weight is 465 g/mol. The van der Waals surface area contributed by atoms with E-state index in [-0.39, 0.29) is 22.6 Å². The molecule has 0 aromatic heterocycles. The number of carbonyl (C=O) groups excluding carboxylic acids is 2. The molecule has 0 radical (unpaired) electrons. The summed E-state index contributed by atoms with van der Waals surface area (Å²) in [6, 6.07) is 4.57. The van der Waals surface area contributed by atoms with Gasteiger partial charge in [0.1, 0.15) is 5.75 Å². The van der Waals surface area contributed by atoms with Gasteiger partial charge >= 0.3 is 0 Å². The Hall–Kier alpha value is -2.17. The van der Waals surface area contributed by atoms with E-state index in [1.54, 1.807) is 6.07 Å². The molecule has 0 bridgehead atoms. The van der Waals surface area contributed by atoms with E-state index in [4.69, 9.17) is 4.74 Å². The molecule has 1 aromatic carbocycles. The molecular weight excluding hydrogens is 432 g/mol. The summed E-state index contributed by atoms with van der Waals surface area (Å²) < 4.78 is 33.5. The van der Waals surface area contributed by atoms with Crippen LogP contribution < -0.4 is 10.1 Å². The minimum absolute atomic E-state index is 0.121. The first kappa shape index (κ1) is 23.0. The van der Waals surface area contributed by atoms with Gasteiger partial charge in [0, 0.05) is 45.2 Å². The molecule has 3 aliphatic heterocycles. The zero-order chi connectivity index (χ0) is 22.9. The fourth-order valence-corrected chi connectivity index (χ4v) is 6.09. The molecule has 0 unspecified atom stereocenters. The van der Waals surface area contributed by atoms with Gasteiger partial charge in [-0.05, 0) is 44.0 Å². The highest BCUT2D eigenvalue weighted by molar-refractivity contribution is 7.89. The number of sulfonamides is 1. The van der Waals surface area contributed by atoms with Crippen molar-refractivity contribution in [3.05, 3.63) is 18.2 Å². The molecule has 2 fully saturated rings. The molecule has 4 rings (SSSR count). The van der Waals surface area contributed by atoms with Gasteiger partial charge in [-0.2, -0.15) is 4.31 Å². The van der Waals surface area contributed by atoms with E-state index < -0.39 is 16.1 Å². The van der Waals surface area contributed by atoms with Crippen LogP contribution in [0.3, 0.4) is 0 Å². The van der Waals surface area contributed by atoms with Crippen LogP contribution in [0.2, 0.25) is 0 Å². The smallest absolute Gasteiger partial charge is 0.265 e. The number of fused-ring (bicyclic) bond motifs is 1. The number of benzene rings is 1. The summed E-state index contributed by atoms with van der Waals surface area (Å²) >= 11 is 0. The topological polar surface area (TPSA) is 99.3 Å². The second-order valence-electron chi connectivity index (χ2n) is 8.60. The standard InChI is InChI=1S/C22H32N4O5S/c1-3-19-21(27)23-18-15-17(5-6-20(18)31-19)32(29,30)26-9-7-16(8-10-26)22(28)25-13-11-24(4-2)12-14-25/h5-6,15-16,19H,3-4,7-14H2,1-2H3,(H,23,27)/t19-/m0/s1. The van der Waals surface area contributed by atoms with Crippen molar-refractivity contribution >= 4 is 27.5 Å². The van der Waals surface area contributed by atoms with Crippen molar-refractivity contribution in [2.24, 2.45) is 5.92 Å². The zero-order valence-electron chi connectivity index (χ0n) is 18.7. The third-order valence-corrected chi connectivity index (χ3v) is 8.61. The number of carbonyl (C=O) groups is 2. The largest absolute Gasteiger partial charge is 0.478 e. The molecule has 1 atom stereocenters. The number of rotatable bonds is 5. The van der Waals surface area contributed by atoms with Crippen molar-refractivity contribution in [1.29, 1.82) is 0 Å². The van der Waals surface area contributed by atoms with E-state index in [9.17, 15) is 18.0 Å². The zero-order valence-corrected chi connectivity index (χ0v) is 19.6. The Morgan fingerprint density at radius 1 is 1.09 bits per heavy atom. The van der Waals surface area contributed by atoms with Gasteiger partial charge < -0.3 is 19.9 Å². The highest BCUT2D eigenvalue weighted by Gasteiger charge is 2.35. The Kier molecular flexibility index (Phi) is 6.73. The molecule has 9 nitrogen and oxygen atoms in total. The number of nitrogens with zero attached hydrogens (tertiary/aromatic N) is 3. The first-order valence-electron chi connectivity index (χ1n) is 11.5. The Balaban J connectivity index is 1.39. The van der Waals surface area contributed by atoms with Crippen LogP contribution in [0.15, 0.2) is 23.1 Å². The minimum atomic E-state index is -3.72. The number of piperazine rings is 1. The van der Waals surface area contributed by atoms with Gasteiger partial charge in [0.25, 0.3) is 5.91 Å². The normalized spacial score (nSPS) is 23.4. The maximum Gasteiger partial charge on any atom is 0.265 e. The van der Waals surface area contributed by atoms with Crippen molar-refractivity contribution < 1.29 is 22.7 Å². The summed E-state index contributed by atoms with van der Waals surface area (Å²) in [5.41, 5.74) is 0.372. The van der Waals surface area contributed by atoms with Crippen molar-refractivity contribution in [2.75, 3.05) is 51.1 Å². The third kappa shape index (κ3) is 4.49. The number of anilines is 1. The molecule has 1 aromatic rings. The quantitative estimate of drug-likeness (QED) is 0.707. The molecule has 32 heavy (non-hydrogen) atoms.